The van der Waals surface area contributed by atoms with Gasteiger partial charge in [-0.2, -0.15) is 13.2 Å². The maximum Gasteiger partial charge on any atom is 0.417 e. The van der Waals surface area contributed by atoms with Gasteiger partial charge in [0.25, 0.3) is 5.91 Å². The summed E-state index contributed by atoms with van der Waals surface area (Å²) < 4.78 is 46.9. The first-order valence-corrected chi connectivity index (χ1v) is 13.2. The molecule has 4 rings (SSSR count). The number of hydrogen-bond donors (Lipinski definition) is 2. The van der Waals surface area contributed by atoms with E-state index in [4.69, 9.17) is 16.3 Å². The number of ether oxygens (including phenoxy) is 1. The molecule has 4 aromatic rings. The second-order valence-electron chi connectivity index (χ2n) is 9.02. The van der Waals surface area contributed by atoms with Crippen LogP contribution in [0.5, 0.6) is 0 Å². The zero-order valence-corrected chi connectivity index (χ0v) is 22.9. The van der Waals surface area contributed by atoms with Gasteiger partial charge in [-0.05, 0) is 60.0 Å². The highest BCUT2D eigenvalue weighted by Crippen LogP contribution is 2.39. The quantitative estimate of drug-likeness (QED) is 0.191. The molecule has 0 aliphatic rings. The van der Waals surface area contributed by atoms with Gasteiger partial charge >= 0.3 is 12.1 Å². The zero-order chi connectivity index (χ0) is 29.4. The molecule has 0 unspecified atom stereocenters. The number of aromatic nitrogens is 1. The molecule has 0 saturated heterocycles. The second kappa shape index (κ2) is 13.3. The highest BCUT2D eigenvalue weighted by Gasteiger charge is 2.34. The van der Waals surface area contributed by atoms with E-state index in [1.54, 1.807) is 25.1 Å². The largest absolute Gasteiger partial charge is 0.466 e. The third kappa shape index (κ3) is 7.85. The molecular formula is C31H27ClF3N3O3. The summed E-state index contributed by atoms with van der Waals surface area (Å²) in [6.07, 6.45) is -3.36. The van der Waals surface area contributed by atoms with Gasteiger partial charge in [-0.1, -0.05) is 54.1 Å². The lowest BCUT2D eigenvalue weighted by Gasteiger charge is -2.18. The van der Waals surface area contributed by atoms with Crippen molar-refractivity contribution >= 4 is 29.2 Å². The van der Waals surface area contributed by atoms with E-state index in [1.807, 2.05) is 36.4 Å². The monoisotopic (exact) mass is 581 g/mol. The summed E-state index contributed by atoms with van der Waals surface area (Å²) in [5, 5.41) is 6.39. The van der Waals surface area contributed by atoms with Gasteiger partial charge in [-0.25, -0.2) is 0 Å². The zero-order valence-electron chi connectivity index (χ0n) is 22.1. The van der Waals surface area contributed by atoms with E-state index >= 15 is 0 Å². The molecule has 1 amide bonds. The summed E-state index contributed by atoms with van der Waals surface area (Å²) in [4.78, 5) is 27.9. The molecular weight excluding hydrogens is 555 g/mol. The Morgan fingerprint density at radius 2 is 1.56 bits per heavy atom. The predicted octanol–water partition coefficient (Wildman–Crippen LogP) is 7.38. The Hall–Kier alpha value is -4.37. The van der Waals surface area contributed by atoms with E-state index in [9.17, 15) is 22.8 Å². The topological polar surface area (TPSA) is 80.3 Å². The van der Waals surface area contributed by atoms with Crippen molar-refractivity contribution in [1.82, 2.24) is 10.3 Å². The summed E-state index contributed by atoms with van der Waals surface area (Å²) >= 11 is 5.96. The van der Waals surface area contributed by atoms with Crippen LogP contribution >= 0.6 is 11.6 Å². The average Bonchev–Trinajstić information content (AvgIpc) is 2.96. The van der Waals surface area contributed by atoms with E-state index in [1.165, 1.54) is 24.4 Å². The standard InChI is InChI=1S/C31H27ClF3N3O3/c1-2-41-28(39)16-17-36-30(40)27-15-10-23(19-38-27)29-22(4-3-5-26(29)31(33,34)35)18-37-25-13-8-21(9-14-25)20-6-11-24(32)12-7-20/h3-15,19,37H,2,16-18H2,1H3,(H,36,40). The SMILES string of the molecule is CCOC(=O)CCNC(=O)c1ccc(-c2c(CNc3ccc(-c4ccc(Cl)cc4)cc3)cccc2C(F)(F)F)cn1. The van der Waals surface area contributed by atoms with E-state index in [2.05, 4.69) is 15.6 Å². The Bertz CT molecular complexity index is 1490. The molecule has 0 radical (unpaired) electrons. The van der Waals surface area contributed by atoms with Crippen LogP contribution in [-0.4, -0.2) is 30.0 Å². The number of alkyl halides is 3. The van der Waals surface area contributed by atoms with Crippen LogP contribution in [0.4, 0.5) is 18.9 Å². The van der Waals surface area contributed by atoms with Crippen molar-refractivity contribution in [2.45, 2.75) is 26.1 Å². The molecule has 1 aromatic heterocycles. The number of hydrogen-bond acceptors (Lipinski definition) is 5. The highest BCUT2D eigenvalue weighted by molar-refractivity contribution is 6.30. The van der Waals surface area contributed by atoms with Crippen molar-refractivity contribution in [2.75, 3.05) is 18.5 Å². The lowest BCUT2D eigenvalue weighted by Crippen LogP contribution is -2.27. The second-order valence-corrected chi connectivity index (χ2v) is 9.45. The van der Waals surface area contributed by atoms with Crippen LogP contribution in [0.3, 0.4) is 0 Å². The number of nitrogens with one attached hydrogen (secondary N) is 2. The smallest absolute Gasteiger partial charge is 0.417 e. The molecule has 0 fully saturated rings. The maximum atomic E-state index is 14.0. The Kier molecular flexibility index (Phi) is 9.62. The molecule has 0 atom stereocenters. The fourth-order valence-corrected chi connectivity index (χ4v) is 4.35. The number of benzene rings is 3. The number of carbonyl (C=O) groups is 2. The fraction of sp³-hybridized carbons (Fsp3) is 0.194. The van der Waals surface area contributed by atoms with Crippen LogP contribution in [-0.2, 0) is 22.3 Å². The number of amides is 1. The Labute approximate surface area is 240 Å². The van der Waals surface area contributed by atoms with Crippen molar-refractivity contribution in [3.63, 3.8) is 0 Å². The lowest BCUT2D eigenvalue weighted by molar-refractivity contribution is -0.143. The summed E-state index contributed by atoms with van der Waals surface area (Å²) in [5.41, 5.74) is 2.52. The summed E-state index contributed by atoms with van der Waals surface area (Å²) in [7, 11) is 0. The number of carbonyl (C=O) groups excluding carboxylic acids is 2. The molecule has 10 heteroatoms. The number of anilines is 1. The van der Waals surface area contributed by atoms with Crippen LogP contribution in [0.15, 0.2) is 85.1 Å². The summed E-state index contributed by atoms with van der Waals surface area (Å²) in [6, 6.07) is 21.8. The summed E-state index contributed by atoms with van der Waals surface area (Å²) in [5.74, 6) is -0.993. The minimum atomic E-state index is -4.60. The number of halogens is 4. The van der Waals surface area contributed by atoms with Crippen molar-refractivity contribution in [2.24, 2.45) is 0 Å². The van der Waals surface area contributed by atoms with Gasteiger partial charge in [-0.15, -0.1) is 0 Å². The van der Waals surface area contributed by atoms with Crippen LogP contribution < -0.4 is 10.6 Å². The number of pyridine rings is 1. The van der Waals surface area contributed by atoms with Crippen molar-refractivity contribution < 1.29 is 27.5 Å². The molecule has 6 nitrogen and oxygen atoms in total. The van der Waals surface area contributed by atoms with Crippen molar-refractivity contribution in [3.05, 3.63) is 107 Å². The predicted molar refractivity (Wildman–Crippen MR) is 152 cm³/mol. The Morgan fingerprint density at radius 3 is 2.17 bits per heavy atom. The highest BCUT2D eigenvalue weighted by atomic mass is 35.5. The number of esters is 1. The summed E-state index contributed by atoms with van der Waals surface area (Å²) in [6.45, 7) is 2.09. The molecule has 2 N–H and O–H groups in total. The van der Waals surface area contributed by atoms with Crippen molar-refractivity contribution in [3.8, 4) is 22.3 Å². The maximum absolute atomic E-state index is 14.0. The lowest BCUT2D eigenvalue weighted by atomic mass is 9.94. The van der Waals surface area contributed by atoms with Gasteiger partial charge in [0.2, 0.25) is 0 Å². The minimum absolute atomic E-state index is 0.00314. The molecule has 212 valence electrons. The van der Waals surface area contributed by atoms with E-state index < -0.39 is 23.6 Å². The Balaban J connectivity index is 1.51. The third-order valence-corrected chi connectivity index (χ3v) is 6.46. The molecule has 3 aromatic carbocycles. The van der Waals surface area contributed by atoms with Crippen LogP contribution in [0.25, 0.3) is 22.3 Å². The van der Waals surface area contributed by atoms with Crippen molar-refractivity contribution in [1.29, 1.82) is 0 Å². The van der Waals surface area contributed by atoms with Gasteiger partial charge < -0.3 is 15.4 Å². The van der Waals surface area contributed by atoms with Gasteiger partial charge in [0.15, 0.2) is 0 Å². The fourth-order valence-electron chi connectivity index (χ4n) is 4.22. The van der Waals surface area contributed by atoms with Gasteiger partial charge in [0.1, 0.15) is 5.69 Å². The molecule has 41 heavy (non-hydrogen) atoms. The van der Waals surface area contributed by atoms with E-state index in [-0.39, 0.29) is 42.9 Å². The molecule has 0 aliphatic carbocycles. The normalized spacial score (nSPS) is 11.1. The van der Waals surface area contributed by atoms with E-state index in [0.29, 0.717) is 10.6 Å². The van der Waals surface area contributed by atoms with Crippen LogP contribution in [0.2, 0.25) is 5.02 Å². The van der Waals surface area contributed by atoms with Gasteiger partial charge in [0.05, 0.1) is 18.6 Å². The van der Waals surface area contributed by atoms with E-state index in [0.717, 1.165) is 22.9 Å². The third-order valence-electron chi connectivity index (χ3n) is 6.21. The average molecular weight is 582 g/mol. The van der Waals surface area contributed by atoms with Crippen LogP contribution in [0.1, 0.15) is 35.0 Å². The minimum Gasteiger partial charge on any atom is -0.466 e. The molecule has 0 bridgehead atoms. The molecule has 0 saturated carbocycles. The molecule has 0 aliphatic heterocycles. The number of rotatable bonds is 10. The Morgan fingerprint density at radius 1 is 0.902 bits per heavy atom. The first-order chi connectivity index (χ1) is 19.7. The molecule has 1 heterocycles. The number of nitrogens with zero attached hydrogens (tertiary/aromatic N) is 1. The van der Waals surface area contributed by atoms with Crippen LogP contribution in [0, 0.1) is 0 Å². The van der Waals surface area contributed by atoms with Gasteiger partial charge in [-0.3, -0.25) is 14.6 Å². The molecule has 0 spiro atoms. The first-order valence-electron chi connectivity index (χ1n) is 12.8. The van der Waals surface area contributed by atoms with Gasteiger partial charge in [0, 0.05) is 41.1 Å². The first kappa shape index (κ1) is 29.6.